The van der Waals surface area contributed by atoms with Crippen LogP contribution < -0.4 is 5.73 Å². The molecular formula is C11H14N5O6P. The van der Waals surface area contributed by atoms with E-state index in [-0.39, 0.29) is 12.4 Å². The van der Waals surface area contributed by atoms with Crippen molar-refractivity contribution in [1.82, 2.24) is 19.5 Å². The first kappa shape index (κ1) is 17.0. The van der Waals surface area contributed by atoms with Crippen LogP contribution in [0, 0.1) is 0 Å². The number of anilines is 1. The molecule has 0 saturated heterocycles. The lowest BCUT2D eigenvalue weighted by molar-refractivity contribution is -0.145. The molecule has 0 radical (unpaired) electrons. The first-order valence-electron chi connectivity index (χ1n) is 6.26. The number of fused-ring (bicyclic) bond motifs is 1. The molecule has 0 amide bonds. The van der Waals surface area contributed by atoms with Gasteiger partial charge in [0, 0.05) is 6.54 Å². The fourth-order valence-corrected chi connectivity index (χ4v) is 2.32. The van der Waals surface area contributed by atoms with Crippen LogP contribution in [0.5, 0.6) is 0 Å². The number of aromatic nitrogens is 4. The summed E-state index contributed by atoms with van der Waals surface area (Å²) < 4.78 is 17.3. The molecule has 0 fully saturated rings. The Kier molecular flexibility index (Phi) is 5.06. The summed E-state index contributed by atoms with van der Waals surface area (Å²) in [4.78, 5) is 40.3. The highest BCUT2D eigenvalue weighted by molar-refractivity contribution is 7.53. The molecular weight excluding hydrogens is 329 g/mol. The smallest absolute Gasteiger partial charge is 0.365 e. The number of aliphatic carboxylic acids is 1. The van der Waals surface area contributed by atoms with E-state index < -0.39 is 19.4 Å². The van der Waals surface area contributed by atoms with Crippen molar-refractivity contribution in [1.29, 1.82) is 0 Å². The summed E-state index contributed by atoms with van der Waals surface area (Å²) >= 11 is 0. The number of carbonyl (C=O) groups is 1. The highest BCUT2D eigenvalue weighted by Crippen LogP contribution is 2.41. The SMILES string of the molecule is Nc1ncnc2c1ncn2C/C=C\COC(C(=O)O)P(=O)(O)O. The van der Waals surface area contributed by atoms with Gasteiger partial charge in [0.25, 0.3) is 5.85 Å². The maximum Gasteiger partial charge on any atom is 0.365 e. The van der Waals surface area contributed by atoms with E-state index in [1.807, 2.05) is 0 Å². The van der Waals surface area contributed by atoms with Crippen molar-refractivity contribution >= 4 is 30.5 Å². The normalized spacial score (nSPS) is 13.7. The molecule has 12 heteroatoms. The Labute approximate surface area is 129 Å². The third-order valence-corrected chi connectivity index (χ3v) is 3.75. The summed E-state index contributed by atoms with van der Waals surface area (Å²) in [5.41, 5.74) is 6.65. The Hall–Kier alpha value is -2.33. The van der Waals surface area contributed by atoms with E-state index in [2.05, 4.69) is 19.7 Å². The lowest BCUT2D eigenvalue weighted by atomic mass is 10.4. The lowest BCUT2D eigenvalue weighted by Gasteiger charge is -2.13. The number of ether oxygens (including phenoxy) is 1. The molecule has 1 unspecified atom stereocenters. The van der Waals surface area contributed by atoms with Crippen LogP contribution in [0.15, 0.2) is 24.8 Å². The number of hydrogen-bond acceptors (Lipinski definition) is 7. The number of nitrogens with zero attached hydrogens (tertiary/aromatic N) is 4. The highest BCUT2D eigenvalue weighted by Gasteiger charge is 2.36. The second kappa shape index (κ2) is 6.84. The second-order valence-electron chi connectivity index (χ2n) is 4.41. The fourth-order valence-electron chi connectivity index (χ4n) is 1.75. The van der Waals surface area contributed by atoms with E-state index >= 15 is 0 Å². The summed E-state index contributed by atoms with van der Waals surface area (Å²) in [5, 5.41) is 8.68. The number of allylic oxidation sites excluding steroid dienone is 1. The summed E-state index contributed by atoms with van der Waals surface area (Å²) in [5.74, 6) is -3.65. The van der Waals surface area contributed by atoms with Gasteiger partial charge >= 0.3 is 13.6 Å². The molecule has 23 heavy (non-hydrogen) atoms. The van der Waals surface area contributed by atoms with Crippen molar-refractivity contribution in [2.75, 3.05) is 12.3 Å². The Balaban J connectivity index is 1.95. The van der Waals surface area contributed by atoms with Gasteiger partial charge in [-0.2, -0.15) is 0 Å². The van der Waals surface area contributed by atoms with Gasteiger partial charge in [0.05, 0.1) is 12.9 Å². The quantitative estimate of drug-likeness (QED) is 0.381. The zero-order valence-electron chi connectivity index (χ0n) is 11.7. The predicted molar refractivity (Wildman–Crippen MR) is 78.3 cm³/mol. The van der Waals surface area contributed by atoms with Crippen LogP contribution in [0.1, 0.15) is 0 Å². The van der Waals surface area contributed by atoms with Gasteiger partial charge in [-0.25, -0.2) is 19.7 Å². The average Bonchev–Trinajstić information content (AvgIpc) is 2.85. The molecule has 2 rings (SSSR count). The number of carboxylic acid groups (broad SMARTS) is 1. The van der Waals surface area contributed by atoms with Crippen LogP contribution in [0.4, 0.5) is 5.82 Å². The van der Waals surface area contributed by atoms with Crippen molar-refractivity contribution in [2.24, 2.45) is 0 Å². The first-order valence-corrected chi connectivity index (χ1v) is 7.95. The molecule has 0 aliphatic rings. The van der Waals surface area contributed by atoms with E-state index in [4.69, 9.17) is 20.6 Å². The predicted octanol–water partition coefficient (Wildman–Crippen LogP) is -0.430. The van der Waals surface area contributed by atoms with Crippen molar-refractivity contribution in [3.63, 3.8) is 0 Å². The van der Waals surface area contributed by atoms with Crippen LogP contribution in [-0.2, 0) is 20.6 Å². The summed E-state index contributed by atoms with van der Waals surface area (Å²) in [7, 11) is -4.87. The van der Waals surface area contributed by atoms with Crippen LogP contribution in [0.2, 0.25) is 0 Å². The molecule has 5 N–H and O–H groups in total. The van der Waals surface area contributed by atoms with Gasteiger partial charge in [0.1, 0.15) is 11.8 Å². The molecule has 0 spiro atoms. The third-order valence-electron chi connectivity index (χ3n) is 2.77. The molecule has 11 nitrogen and oxygen atoms in total. The third kappa shape index (κ3) is 4.11. The molecule has 0 aromatic carbocycles. The topological polar surface area (TPSA) is 174 Å². The number of nitrogen functional groups attached to an aromatic ring is 1. The fraction of sp³-hybridized carbons (Fsp3) is 0.273. The molecule has 2 aromatic rings. The largest absolute Gasteiger partial charge is 0.479 e. The van der Waals surface area contributed by atoms with Crippen LogP contribution >= 0.6 is 7.60 Å². The summed E-state index contributed by atoms with van der Waals surface area (Å²) in [6.07, 6.45) is 5.86. The van der Waals surface area contributed by atoms with Gasteiger partial charge in [0.15, 0.2) is 11.5 Å². The average molecular weight is 343 g/mol. The lowest BCUT2D eigenvalue weighted by Crippen LogP contribution is -2.23. The Morgan fingerprint density at radius 3 is 2.78 bits per heavy atom. The van der Waals surface area contributed by atoms with E-state index in [9.17, 15) is 9.36 Å². The number of hydrogen-bond donors (Lipinski definition) is 4. The Morgan fingerprint density at radius 1 is 1.39 bits per heavy atom. The van der Waals surface area contributed by atoms with Gasteiger partial charge in [-0.05, 0) is 0 Å². The minimum absolute atomic E-state index is 0.256. The van der Waals surface area contributed by atoms with Crippen LogP contribution in [0.3, 0.4) is 0 Å². The van der Waals surface area contributed by atoms with Gasteiger partial charge in [-0.1, -0.05) is 12.2 Å². The Bertz CT molecular complexity index is 784. The highest BCUT2D eigenvalue weighted by atomic mass is 31.2. The Morgan fingerprint density at radius 2 is 2.13 bits per heavy atom. The summed E-state index contributed by atoms with van der Waals surface area (Å²) in [6, 6.07) is 0. The van der Waals surface area contributed by atoms with Crippen LogP contribution in [0.25, 0.3) is 11.2 Å². The number of carboxylic acids is 1. The van der Waals surface area contributed by atoms with E-state index in [1.54, 1.807) is 10.6 Å². The standard InChI is InChI=1S/C11H14N5O6P/c12-8-7-9(14-5-13-8)16(6-15-7)3-1-2-4-22-11(10(17)18)23(19,20)21/h1-2,5-6,11H,3-4H2,(H,17,18)(H2,12,13,14)(H2,19,20,21)/b2-1-. The van der Waals surface area contributed by atoms with Crippen molar-refractivity contribution in [2.45, 2.75) is 12.4 Å². The zero-order chi connectivity index (χ0) is 17.0. The van der Waals surface area contributed by atoms with Crippen molar-refractivity contribution in [3.8, 4) is 0 Å². The van der Waals surface area contributed by atoms with E-state index in [0.29, 0.717) is 17.7 Å². The van der Waals surface area contributed by atoms with Crippen molar-refractivity contribution < 1.29 is 29.0 Å². The molecule has 0 aliphatic carbocycles. The molecule has 0 saturated carbocycles. The molecule has 0 aliphatic heterocycles. The molecule has 2 heterocycles. The molecule has 2 aromatic heterocycles. The zero-order valence-corrected chi connectivity index (χ0v) is 12.6. The number of imidazole rings is 1. The molecule has 0 bridgehead atoms. The van der Waals surface area contributed by atoms with E-state index in [1.165, 1.54) is 18.7 Å². The minimum Gasteiger partial charge on any atom is -0.479 e. The van der Waals surface area contributed by atoms with Gasteiger partial charge < -0.3 is 29.9 Å². The number of nitrogens with two attached hydrogens (primary N) is 1. The van der Waals surface area contributed by atoms with E-state index in [0.717, 1.165) is 0 Å². The molecule has 1 atom stereocenters. The first-order chi connectivity index (χ1) is 10.8. The van der Waals surface area contributed by atoms with Gasteiger partial charge in [-0.3, -0.25) is 4.57 Å². The monoisotopic (exact) mass is 343 g/mol. The number of rotatable bonds is 7. The van der Waals surface area contributed by atoms with Crippen molar-refractivity contribution in [3.05, 3.63) is 24.8 Å². The summed E-state index contributed by atoms with van der Waals surface area (Å²) in [6.45, 7) is 0.0653. The van der Waals surface area contributed by atoms with Gasteiger partial charge in [-0.15, -0.1) is 0 Å². The van der Waals surface area contributed by atoms with Gasteiger partial charge in [0.2, 0.25) is 0 Å². The van der Waals surface area contributed by atoms with Crippen LogP contribution in [-0.4, -0.2) is 52.8 Å². The second-order valence-corrected chi connectivity index (χ2v) is 6.06. The maximum absolute atomic E-state index is 10.9. The maximum atomic E-state index is 10.9. The minimum atomic E-state index is -4.87. The molecule has 124 valence electrons.